The fraction of sp³-hybridized carbons (Fsp3) is 0.667. The summed E-state index contributed by atoms with van der Waals surface area (Å²) >= 11 is 7.51. The predicted octanol–water partition coefficient (Wildman–Crippen LogP) is 3.77. The van der Waals surface area contributed by atoms with Gasteiger partial charge in [-0.15, -0.1) is 22.9 Å². The Bertz CT molecular complexity index is 455. The van der Waals surface area contributed by atoms with Crippen molar-refractivity contribution < 1.29 is 4.79 Å². The van der Waals surface area contributed by atoms with Crippen LogP contribution in [0.2, 0.25) is 0 Å². The summed E-state index contributed by atoms with van der Waals surface area (Å²) in [5.74, 6) is 0.809. The summed E-state index contributed by atoms with van der Waals surface area (Å²) in [6.45, 7) is 0.793. The van der Waals surface area contributed by atoms with Crippen molar-refractivity contribution >= 4 is 28.8 Å². The van der Waals surface area contributed by atoms with E-state index in [-0.39, 0.29) is 5.91 Å². The summed E-state index contributed by atoms with van der Waals surface area (Å²) in [5, 5.41) is 3.11. The number of hydrogen-bond acceptors (Lipinski definition) is 2. The number of amides is 1. The number of hydrogen-bond donors (Lipinski definition) is 1. The van der Waals surface area contributed by atoms with Crippen molar-refractivity contribution in [3.63, 3.8) is 0 Å². The highest BCUT2D eigenvalue weighted by atomic mass is 35.5. The first-order chi connectivity index (χ1) is 9.22. The Labute approximate surface area is 123 Å². The maximum atomic E-state index is 12.2. The van der Waals surface area contributed by atoms with Gasteiger partial charge in [0.2, 0.25) is 0 Å². The van der Waals surface area contributed by atoms with Crippen LogP contribution in [0.5, 0.6) is 0 Å². The molecule has 0 aliphatic heterocycles. The average Bonchev–Trinajstić information content (AvgIpc) is 3.04. The Kier molecular flexibility index (Phi) is 3.86. The van der Waals surface area contributed by atoms with Crippen molar-refractivity contribution in [2.45, 2.75) is 44.9 Å². The van der Waals surface area contributed by atoms with Crippen LogP contribution in [0.1, 0.15) is 52.2 Å². The molecular formula is C15H20ClNOS. The summed E-state index contributed by atoms with van der Waals surface area (Å²) in [4.78, 5) is 14.5. The highest BCUT2D eigenvalue weighted by molar-refractivity contribution is 7.14. The molecule has 4 heteroatoms. The molecule has 0 atom stereocenters. The van der Waals surface area contributed by atoms with Crippen LogP contribution in [-0.2, 0) is 12.8 Å². The molecule has 2 aliphatic rings. The van der Waals surface area contributed by atoms with Gasteiger partial charge in [0, 0.05) is 17.3 Å². The highest BCUT2D eigenvalue weighted by Gasteiger charge is 2.41. The minimum atomic E-state index is 0.111. The molecule has 0 aromatic carbocycles. The van der Waals surface area contributed by atoms with E-state index < -0.39 is 0 Å². The quantitative estimate of drug-likeness (QED) is 0.824. The Morgan fingerprint density at radius 1 is 1.37 bits per heavy atom. The van der Waals surface area contributed by atoms with Crippen molar-refractivity contribution in [3.8, 4) is 0 Å². The lowest BCUT2D eigenvalue weighted by molar-refractivity contribution is 0.0948. The summed E-state index contributed by atoms with van der Waals surface area (Å²) < 4.78 is 0. The summed E-state index contributed by atoms with van der Waals surface area (Å²) in [5.41, 5.74) is 1.72. The number of aryl methyl sites for hydroxylation is 2. The molecule has 1 aromatic heterocycles. The van der Waals surface area contributed by atoms with Crippen LogP contribution in [0.4, 0.5) is 0 Å². The zero-order valence-corrected chi connectivity index (χ0v) is 12.7. The van der Waals surface area contributed by atoms with Crippen molar-refractivity contribution in [3.05, 3.63) is 21.4 Å². The van der Waals surface area contributed by atoms with E-state index in [4.69, 9.17) is 11.6 Å². The standard InChI is InChI=1S/C15H20ClNOS/c16-8-7-15(5-6-15)10-17-14(18)13-9-11-3-1-2-4-12(11)19-13/h9H,1-8,10H2,(H,17,18). The topological polar surface area (TPSA) is 29.1 Å². The molecular weight excluding hydrogens is 278 g/mol. The second kappa shape index (κ2) is 5.45. The molecule has 1 aromatic rings. The minimum Gasteiger partial charge on any atom is -0.351 e. The number of rotatable bonds is 5. The Morgan fingerprint density at radius 3 is 2.84 bits per heavy atom. The number of halogens is 1. The summed E-state index contributed by atoms with van der Waals surface area (Å²) in [7, 11) is 0. The first kappa shape index (κ1) is 13.4. The molecule has 0 unspecified atom stereocenters. The van der Waals surface area contributed by atoms with Crippen LogP contribution in [-0.4, -0.2) is 18.3 Å². The molecule has 104 valence electrons. The van der Waals surface area contributed by atoms with E-state index in [2.05, 4.69) is 11.4 Å². The van der Waals surface area contributed by atoms with E-state index in [0.717, 1.165) is 30.7 Å². The van der Waals surface area contributed by atoms with Gasteiger partial charge in [0.15, 0.2) is 0 Å². The van der Waals surface area contributed by atoms with Gasteiger partial charge in [0.1, 0.15) is 0 Å². The molecule has 2 aliphatic carbocycles. The van der Waals surface area contributed by atoms with Gasteiger partial charge in [-0.25, -0.2) is 0 Å². The number of thiophene rings is 1. The van der Waals surface area contributed by atoms with Gasteiger partial charge >= 0.3 is 0 Å². The molecule has 0 spiro atoms. The fourth-order valence-electron chi connectivity index (χ4n) is 2.85. The monoisotopic (exact) mass is 297 g/mol. The average molecular weight is 298 g/mol. The van der Waals surface area contributed by atoms with Gasteiger partial charge in [-0.05, 0) is 62.0 Å². The van der Waals surface area contributed by atoms with Gasteiger partial charge in [0.05, 0.1) is 4.88 Å². The van der Waals surface area contributed by atoms with Gasteiger partial charge in [-0.2, -0.15) is 0 Å². The van der Waals surface area contributed by atoms with E-state index in [1.807, 2.05) is 0 Å². The number of fused-ring (bicyclic) bond motifs is 1. The number of alkyl halides is 1. The van der Waals surface area contributed by atoms with Crippen molar-refractivity contribution in [2.75, 3.05) is 12.4 Å². The molecule has 0 saturated heterocycles. The lowest BCUT2D eigenvalue weighted by Gasteiger charge is -2.13. The van der Waals surface area contributed by atoms with Crippen molar-refractivity contribution in [1.82, 2.24) is 5.32 Å². The van der Waals surface area contributed by atoms with Crippen LogP contribution >= 0.6 is 22.9 Å². The van der Waals surface area contributed by atoms with Gasteiger partial charge < -0.3 is 5.32 Å². The van der Waals surface area contributed by atoms with Crippen LogP contribution < -0.4 is 5.32 Å². The summed E-state index contributed by atoms with van der Waals surface area (Å²) in [6, 6.07) is 2.11. The molecule has 2 nitrogen and oxygen atoms in total. The zero-order valence-electron chi connectivity index (χ0n) is 11.1. The van der Waals surface area contributed by atoms with Crippen molar-refractivity contribution in [2.24, 2.45) is 5.41 Å². The lowest BCUT2D eigenvalue weighted by atomic mass is 9.99. The second-order valence-electron chi connectivity index (χ2n) is 5.89. The van der Waals surface area contributed by atoms with Gasteiger partial charge in [0.25, 0.3) is 5.91 Å². The molecule has 0 radical (unpaired) electrons. The lowest BCUT2D eigenvalue weighted by Crippen LogP contribution is -2.29. The Balaban J connectivity index is 1.59. The normalized spacial score (nSPS) is 19.8. The zero-order chi connectivity index (χ0) is 13.3. The third kappa shape index (κ3) is 2.97. The maximum absolute atomic E-state index is 12.2. The SMILES string of the molecule is O=C(NCC1(CCCl)CC1)c1cc2c(s1)CCCC2. The first-order valence-corrected chi connectivity index (χ1v) is 8.53. The van der Waals surface area contributed by atoms with E-state index in [9.17, 15) is 4.79 Å². The number of carbonyl (C=O) groups is 1. The van der Waals surface area contributed by atoms with Crippen LogP contribution in [0, 0.1) is 5.41 Å². The van der Waals surface area contributed by atoms with E-state index in [1.54, 1.807) is 11.3 Å². The molecule has 3 rings (SSSR count). The van der Waals surface area contributed by atoms with Crippen LogP contribution in [0.3, 0.4) is 0 Å². The van der Waals surface area contributed by atoms with Crippen LogP contribution in [0.15, 0.2) is 6.07 Å². The fourth-order valence-corrected chi connectivity index (χ4v) is 4.42. The maximum Gasteiger partial charge on any atom is 0.261 e. The molecule has 1 N–H and O–H groups in total. The highest BCUT2D eigenvalue weighted by Crippen LogP contribution is 2.48. The Morgan fingerprint density at radius 2 is 2.16 bits per heavy atom. The largest absolute Gasteiger partial charge is 0.351 e. The second-order valence-corrected chi connectivity index (χ2v) is 7.40. The molecule has 19 heavy (non-hydrogen) atoms. The molecule has 1 heterocycles. The van der Waals surface area contributed by atoms with Crippen LogP contribution in [0.25, 0.3) is 0 Å². The Hall–Kier alpha value is -0.540. The van der Waals surface area contributed by atoms with Gasteiger partial charge in [-0.1, -0.05) is 0 Å². The van der Waals surface area contributed by atoms with E-state index >= 15 is 0 Å². The molecule has 0 bridgehead atoms. The summed E-state index contributed by atoms with van der Waals surface area (Å²) in [6.07, 6.45) is 8.29. The molecule has 1 saturated carbocycles. The minimum absolute atomic E-state index is 0.111. The first-order valence-electron chi connectivity index (χ1n) is 7.18. The number of carbonyl (C=O) groups excluding carboxylic acids is 1. The van der Waals surface area contributed by atoms with E-state index in [1.165, 1.54) is 36.1 Å². The third-order valence-electron chi connectivity index (χ3n) is 4.43. The third-order valence-corrected chi connectivity index (χ3v) is 5.85. The predicted molar refractivity (Wildman–Crippen MR) is 80.3 cm³/mol. The van der Waals surface area contributed by atoms with Gasteiger partial charge in [-0.3, -0.25) is 4.79 Å². The van der Waals surface area contributed by atoms with E-state index in [0.29, 0.717) is 11.3 Å². The smallest absolute Gasteiger partial charge is 0.261 e. The molecule has 1 amide bonds. The molecule has 1 fully saturated rings. The van der Waals surface area contributed by atoms with Crippen molar-refractivity contribution in [1.29, 1.82) is 0 Å². The number of nitrogens with one attached hydrogen (secondary N) is 1.